The first kappa shape index (κ1) is 8.87. The van der Waals surface area contributed by atoms with E-state index in [-0.39, 0.29) is 6.04 Å². The van der Waals surface area contributed by atoms with Gasteiger partial charge in [0.25, 0.3) is 0 Å². The molecule has 2 N–H and O–H groups in total. The zero-order valence-electron chi connectivity index (χ0n) is 8.27. The third kappa shape index (κ3) is 1.39. The van der Waals surface area contributed by atoms with E-state index in [1.165, 1.54) is 0 Å². The van der Waals surface area contributed by atoms with Crippen molar-refractivity contribution in [3.05, 3.63) is 35.9 Å². The molecule has 0 aliphatic heterocycles. The average molecular weight is 191 g/mol. The largest absolute Gasteiger partial charge is 0.467 e. The normalized spacial score (nSPS) is 13.0. The van der Waals surface area contributed by atoms with Crippen molar-refractivity contribution in [2.45, 2.75) is 19.9 Å². The lowest BCUT2D eigenvalue weighted by Gasteiger charge is -2.10. The van der Waals surface area contributed by atoms with Crippen LogP contribution >= 0.6 is 0 Å². The molecule has 4 heteroatoms. The van der Waals surface area contributed by atoms with Crippen LogP contribution in [0, 0.1) is 6.92 Å². The molecule has 0 aromatic carbocycles. The van der Waals surface area contributed by atoms with Crippen LogP contribution in [0.1, 0.15) is 24.4 Å². The molecule has 0 bridgehead atoms. The molecule has 74 valence electrons. The minimum Gasteiger partial charge on any atom is -0.467 e. The average Bonchev–Trinajstić information content (AvgIpc) is 2.73. The summed E-state index contributed by atoms with van der Waals surface area (Å²) in [7, 11) is 0. The van der Waals surface area contributed by atoms with Gasteiger partial charge < -0.3 is 10.2 Å². The van der Waals surface area contributed by atoms with E-state index < -0.39 is 0 Å². The molecule has 2 rings (SSSR count). The summed E-state index contributed by atoms with van der Waals surface area (Å²) in [6.07, 6.45) is 1.65. The number of nitrogens with zero attached hydrogens (tertiary/aromatic N) is 2. The molecule has 2 heterocycles. The fraction of sp³-hybridized carbons (Fsp3) is 0.300. The third-order valence-corrected chi connectivity index (χ3v) is 2.21. The Morgan fingerprint density at radius 2 is 2.36 bits per heavy atom. The van der Waals surface area contributed by atoms with Crippen LogP contribution in [0.15, 0.2) is 28.9 Å². The SMILES string of the molecule is Cc1cc(N)n([C@H](C)c2ccco2)n1. The van der Waals surface area contributed by atoms with Crippen LogP contribution in [0.5, 0.6) is 0 Å². The first-order valence-corrected chi connectivity index (χ1v) is 4.53. The van der Waals surface area contributed by atoms with Gasteiger partial charge in [0.2, 0.25) is 0 Å². The maximum absolute atomic E-state index is 5.81. The quantitative estimate of drug-likeness (QED) is 0.789. The van der Waals surface area contributed by atoms with Gasteiger partial charge in [-0.15, -0.1) is 0 Å². The lowest BCUT2D eigenvalue weighted by molar-refractivity contribution is 0.427. The molecule has 0 saturated carbocycles. The number of nitrogens with two attached hydrogens (primary N) is 1. The van der Waals surface area contributed by atoms with Gasteiger partial charge in [0.1, 0.15) is 17.6 Å². The molecule has 0 spiro atoms. The van der Waals surface area contributed by atoms with Gasteiger partial charge in [0.05, 0.1) is 12.0 Å². The van der Waals surface area contributed by atoms with Crippen LogP contribution in [0.2, 0.25) is 0 Å². The lowest BCUT2D eigenvalue weighted by atomic mass is 10.2. The van der Waals surface area contributed by atoms with E-state index in [4.69, 9.17) is 10.2 Å². The van der Waals surface area contributed by atoms with Gasteiger partial charge in [-0.25, -0.2) is 4.68 Å². The number of furan rings is 1. The summed E-state index contributed by atoms with van der Waals surface area (Å²) in [6.45, 7) is 3.92. The van der Waals surface area contributed by atoms with Crippen molar-refractivity contribution in [1.82, 2.24) is 9.78 Å². The van der Waals surface area contributed by atoms with Crippen LogP contribution in [0.25, 0.3) is 0 Å². The smallest absolute Gasteiger partial charge is 0.128 e. The van der Waals surface area contributed by atoms with Gasteiger partial charge in [-0.3, -0.25) is 0 Å². The fourth-order valence-corrected chi connectivity index (χ4v) is 1.50. The van der Waals surface area contributed by atoms with Gasteiger partial charge in [0.15, 0.2) is 0 Å². The summed E-state index contributed by atoms with van der Waals surface area (Å²) in [4.78, 5) is 0. The third-order valence-electron chi connectivity index (χ3n) is 2.21. The van der Waals surface area contributed by atoms with E-state index in [1.54, 1.807) is 10.9 Å². The number of aryl methyl sites for hydroxylation is 1. The zero-order chi connectivity index (χ0) is 10.1. The zero-order valence-corrected chi connectivity index (χ0v) is 8.27. The molecule has 0 radical (unpaired) electrons. The number of anilines is 1. The summed E-state index contributed by atoms with van der Waals surface area (Å²) >= 11 is 0. The predicted octanol–water partition coefficient (Wildman–Crippen LogP) is 1.98. The second-order valence-corrected chi connectivity index (χ2v) is 3.35. The van der Waals surface area contributed by atoms with E-state index in [2.05, 4.69) is 5.10 Å². The molecule has 0 amide bonds. The number of aromatic nitrogens is 2. The van der Waals surface area contributed by atoms with Crippen molar-refractivity contribution in [3.8, 4) is 0 Å². The van der Waals surface area contributed by atoms with Crippen molar-refractivity contribution >= 4 is 5.82 Å². The maximum Gasteiger partial charge on any atom is 0.128 e. The molecular weight excluding hydrogens is 178 g/mol. The maximum atomic E-state index is 5.81. The highest BCUT2D eigenvalue weighted by Gasteiger charge is 2.13. The van der Waals surface area contributed by atoms with E-state index >= 15 is 0 Å². The molecule has 0 unspecified atom stereocenters. The van der Waals surface area contributed by atoms with Crippen LogP contribution in [0.4, 0.5) is 5.82 Å². The van der Waals surface area contributed by atoms with Crippen molar-refractivity contribution in [2.75, 3.05) is 5.73 Å². The highest BCUT2D eigenvalue weighted by atomic mass is 16.3. The first-order chi connectivity index (χ1) is 6.68. The molecule has 0 aliphatic carbocycles. The van der Waals surface area contributed by atoms with E-state index in [1.807, 2.05) is 32.0 Å². The second-order valence-electron chi connectivity index (χ2n) is 3.35. The van der Waals surface area contributed by atoms with E-state index in [0.717, 1.165) is 11.5 Å². The summed E-state index contributed by atoms with van der Waals surface area (Å²) in [6, 6.07) is 5.66. The Balaban J connectivity index is 2.36. The lowest BCUT2D eigenvalue weighted by Crippen LogP contribution is -2.10. The van der Waals surface area contributed by atoms with Crippen molar-refractivity contribution in [3.63, 3.8) is 0 Å². The minimum atomic E-state index is 0.0405. The molecule has 4 nitrogen and oxygen atoms in total. The molecule has 2 aromatic rings. The van der Waals surface area contributed by atoms with Crippen molar-refractivity contribution in [2.24, 2.45) is 0 Å². The Kier molecular flexibility index (Phi) is 2.04. The molecule has 1 atom stereocenters. The molecule has 14 heavy (non-hydrogen) atoms. The monoisotopic (exact) mass is 191 g/mol. The predicted molar refractivity (Wildman–Crippen MR) is 53.9 cm³/mol. The second kappa shape index (κ2) is 3.21. The minimum absolute atomic E-state index is 0.0405. The highest BCUT2D eigenvalue weighted by Crippen LogP contribution is 2.20. The highest BCUT2D eigenvalue weighted by molar-refractivity contribution is 5.31. The summed E-state index contributed by atoms with van der Waals surface area (Å²) < 4.78 is 7.06. The Bertz CT molecular complexity index is 417. The molecular formula is C10H13N3O. The van der Waals surface area contributed by atoms with Crippen LogP contribution in [0.3, 0.4) is 0 Å². The van der Waals surface area contributed by atoms with Gasteiger partial charge >= 0.3 is 0 Å². The van der Waals surface area contributed by atoms with Gasteiger partial charge in [0, 0.05) is 6.07 Å². The van der Waals surface area contributed by atoms with E-state index in [0.29, 0.717) is 5.82 Å². The summed E-state index contributed by atoms with van der Waals surface area (Å²) in [5.41, 5.74) is 6.72. The fourth-order valence-electron chi connectivity index (χ4n) is 1.50. The topological polar surface area (TPSA) is 57.0 Å². The number of nitrogen functional groups attached to an aromatic ring is 1. The molecule has 0 saturated heterocycles. The van der Waals surface area contributed by atoms with Gasteiger partial charge in [-0.1, -0.05) is 0 Å². The number of rotatable bonds is 2. The summed E-state index contributed by atoms with van der Waals surface area (Å²) in [5.74, 6) is 1.52. The van der Waals surface area contributed by atoms with Gasteiger partial charge in [-0.2, -0.15) is 5.10 Å². The Hall–Kier alpha value is -1.71. The standard InChI is InChI=1S/C10H13N3O/c1-7-6-10(11)13(12-7)8(2)9-4-3-5-14-9/h3-6,8H,11H2,1-2H3/t8-/m1/s1. The Morgan fingerprint density at radius 3 is 2.86 bits per heavy atom. The van der Waals surface area contributed by atoms with Crippen LogP contribution < -0.4 is 5.73 Å². The van der Waals surface area contributed by atoms with Crippen molar-refractivity contribution in [1.29, 1.82) is 0 Å². The van der Waals surface area contributed by atoms with Crippen LogP contribution in [-0.4, -0.2) is 9.78 Å². The van der Waals surface area contributed by atoms with E-state index in [9.17, 15) is 0 Å². The number of hydrogen-bond acceptors (Lipinski definition) is 3. The van der Waals surface area contributed by atoms with Crippen LogP contribution in [-0.2, 0) is 0 Å². The number of hydrogen-bond donors (Lipinski definition) is 1. The van der Waals surface area contributed by atoms with Crippen molar-refractivity contribution < 1.29 is 4.42 Å². The first-order valence-electron chi connectivity index (χ1n) is 4.53. The molecule has 0 aliphatic rings. The summed E-state index contributed by atoms with van der Waals surface area (Å²) in [5, 5.41) is 4.30. The Morgan fingerprint density at radius 1 is 1.57 bits per heavy atom. The molecule has 2 aromatic heterocycles. The Labute approximate surface area is 82.3 Å². The molecule has 0 fully saturated rings. The van der Waals surface area contributed by atoms with Gasteiger partial charge in [-0.05, 0) is 26.0 Å².